The molecule has 1 aromatic heterocycles. The van der Waals surface area contributed by atoms with Crippen LogP contribution in [0.2, 0.25) is 0 Å². The fraction of sp³-hybridized carbons (Fsp3) is 0.625. The van der Waals surface area contributed by atoms with Crippen LogP contribution in [0.25, 0.3) is 0 Å². The number of carbonyl (C=O) groups excluding carboxylic acids is 1. The van der Waals surface area contributed by atoms with Gasteiger partial charge in [0.25, 0.3) is 5.91 Å². The number of amides is 1. The van der Waals surface area contributed by atoms with E-state index in [0.717, 1.165) is 25.7 Å². The quantitative estimate of drug-likeness (QED) is 0.869. The van der Waals surface area contributed by atoms with E-state index in [1.165, 1.54) is 12.8 Å². The van der Waals surface area contributed by atoms with Gasteiger partial charge in [-0.2, -0.15) is 0 Å². The van der Waals surface area contributed by atoms with Crippen LogP contribution in [0.5, 0.6) is 5.75 Å². The van der Waals surface area contributed by atoms with Crippen molar-refractivity contribution < 1.29 is 14.6 Å². The van der Waals surface area contributed by atoms with Crippen LogP contribution in [-0.4, -0.2) is 39.6 Å². The van der Waals surface area contributed by atoms with E-state index < -0.39 is 0 Å². The fourth-order valence-electron chi connectivity index (χ4n) is 3.05. The van der Waals surface area contributed by atoms with Crippen LogP contribution < -0.4 is 4.74 Å². The number of aromatic nitrogens is 1. The predicted molar refractivity (Wildman–Crippen MR) is 77.8 cm³/mol. The molecule has 5 heteroatoms. The number of aliphatic hydroxyl groups excluding tert-OH is 1. The molecule has 0 aromatic carbocycles. The summed E-state index contributed by atoms with van der Waals surface area (Å²) in [4.78, 5) is 18.6. The highest BCUT2D eigenvalue weighted by molar-refractivity contribution is 5.78. The van der Waals surface area contributed by atoms with Crippen LogP contribution in [0.15, 0.2) is 18.3 Å². The van der Waals surface area contributed by atoms with Crippen LogP contribution in [0, 0.1) is 0 Å². The third-order valence-electron chi connectivity index (χ3n) is 4.27. The molecule has 1 aromatic rings. The number of rotatable bonds is 6. The summed E-state index contributed by atoms with van der Waals surface area (Å²) in [5.74, 6) is 0.665. The molecule has 0 aliphatic heterocycles. The van der Waals surface area contributed by atoms with E-state index in [4.69, 9.17) is 9.84 Å². The van der Waals surface area contributed by atoms with Crippen molar-refractivity contribution in [1.82, 2.24) is 9.88 Å². The molecule has 5 nitrogen and oxygen atoms in total. The molecule has 2 saturated carbocycles. The summed E-state index contributed by atoms with van der Waals surface area (Å²) in [5.41, 5.74) is 0.597. The average Bonchev–Trinajstić information content (AvgIpc) is 3.20. The van der Waals surface area contributed by atoms with Crippen molar-refractivity contribution in [3.8, 4) is 5.75 Å². The van der Waals surface area contributed by atoms with Crippen molar-refractivity contribution in [1.29, 1.82) is 0 Å². The van der Waals surface area contributed by atoms with Gasteiger partial charge < -0.3 is 14.7 Å². The second-order valence-electron chi connectivity index (χ2n) is 5.90. The Kier molecular flexibility index (Phi) is 4.39. The van der Waals surface area contributed by atoms with Gasteiger partial charge in [0.2, 0.25) is 0 Å². The summed E-state index contributed by atoms with van der Waals surface area (Å²) < 4.78 is 5.55. The number of aliphatic hydroxyl groups is 1. The maximum Gasteiger partial charge on any atom is 0.261 e. The standard InChI is InChI=1S/C16H22N2O3/c19-10-12-5-8-15(9-17-12)21-11-16(20)18(14-6-7-14)13-3-1-2-4-13/h5,8-9,13-14,19H,1-4,6-7,10-11H2. The van der Waals surface area contributed by atoms with Gasteiger partial charge in [0.15, 0.2) is 6.61 Å². The lowest BCUT2D eigenvalue weighted by Crippen LogP contribution is -2.43. The molecule has 3 rings (SSSR count). The lowest BCUT2D eigenvalue weighted by molar-refractivity contribution is -0.136. The number of hydrogen-bond donors (Lipinski definition) is 1. The normalized spacial score (nSPS) is 18.7. The first-order chi connectivity index (χ1) is 10.3. The zero-order chi connectivity index (χ0) is 14.7. The van der Waals surface area contributed by atoms with Crippen LogP contribution >= 0.6 is 0 Å². The first-order valence-electron chi connectivity index (χ1n) is 7.77. The Morgan fingerprint density at radius 3 is 2.52 bits per heavy atom. The molecular weight excluding hydrogens is 268 g/mol. The second kappa shape index (κ2) is 6.43. The van der Waals surface area contributed by atoms with Gasteiger partial charge in [0, 0.05) is 12.1 Å². The predicted octanol–water partition coefficient (Wildman–Crippen LogP) is 1.89. The Hall–Kier alpha value is -1.62. The van der Waals surface area contributed by atoms with E-state index in [1.807, 2.05) is 0 Å². The van der Waals surface area contributed by atoms with Gasteiger partial charge in [0.1, 0.15) is 5.75 Å². The molecule has 0 radical (unpaired) electrons. The largest absolute Gasteiger partial charge is 0.482 e. The van der Waals surface area contributed by atoms with E-state index in [9.17, 15) is 4.79 Å². The molecule has 1 amide bonds. The van der Waals surface area contributed by atoms with Gasteiger partial charge in [0.05, 0.1) is 18.5 Å². The fourth-order valence-corrected chi connectivity index (χ4v) is 3.05. The highest BCUT2D eigenvalue weighted by Crippen LogP contribution is 2.34. The third-order valence-corrected chi connectivity index (χ3v) is 4.27. The SMILES string of the molecule is O=C(COc1ccc(CO)nc1)N(C1CCCC1)C1CC1. The van der Waals surface area contributed by atoms with E-state index >= 15 is 0 Å². The van der Waals surface area contributed by atoms with Crippen LogP contribution in [0.1, 0.15) is 44.2 Å². The first-order valence-corrected chi connectivity index (χ1v) is 7.77. The summed E-state index contributed by atoms with van der Waals surface area (Å²) in [5, 5.41) is 8.94. The highest BCUT2D eigenvalue weighted by atomic mass is 16.5. The van der Waals surface area contributed by atoms with Gasteiger partial charge in [-0.15, -0.1) is 0 Å². The van der Waals surface area contributed by atoms with Crippen molar-refractivity contribution in [2.75, 3.05) is 6.61 Å². The van der Waals surface area contributed by atoms with Crippen LogP contribution in [0.3, 0.4) is 0 Å². The van der Waals surface area contributed by atoms with E-state index in [-0.39, 0.29) is 19.1 Å². The Labute approximate surface area is 124 Å². The molecule has 1 heterocycles. The molecule has 21 heavy (non-hydrogen) atoms. The summed E-state index contributed by atoms with van der Waals surface area (Å²) >= 11 is 0. The monoisotopic (exact) mass is 290 g/mol. The van der Waals surface area contributed by atoms with E-state index in [0.29, 0.717) is 23.5 Å². The Morgan fingerprint density at radius 1 is 1.24 bits per heavy atom. The molecule has 2 aliphatic rings. The Balaban J connectivity index is 1.56. The molecule has 0 spiro atoms. The molecule has 2 aliphatic carbocycles. The number of carbonyl (C=O) groups is 1. The average molecular weight is 290 g/mol. The minimum Gasteiger partial charge on any atom is -0.482 e. The third kappa shape index (κ3) is 3.53. The van der Waals surface area contributed by atoms with Gasteiger partial charge in [-0.1, -0.05) is 12.8 Å². The van der Waals surface area contributed by atoms with Crippen molar-refractivity contribution >= 4 is 5.91 Å². The summed E-state index contributed by atoms with van der Waals surface area (Å²) in [7, 11) is 0. The molecule has 0 unspecified atom stereocenters. The van der Waals surface area contributed by atoms with Gasteiger partial charge in [-0.05, 0) is 37.8 Å². The summed E-state index contributed by atoms with van der Waals surface area (Å²) in [6.45, 7) is -0.0104. The van der Waals surface area contributed by atoms with Crippen molar-refractivity contribution in [3.63, 3.8) is 0 Å². The number of ether oxygens (including phenoxy) is 1. The van der Waals surface area contributed by atoms with Crippen molar-refractivity contribution in [2.45, 2.75) is 57.2 Å². The number of hydrogen-bond acceptors (Lipinski definition) is 4. The topological polar surface area (TPSA) is 62.7 Å². The highest BCUT2D eigenvalue weighted by Gasteiger charge is 2.38. The van der Waals surface area contributed by atoms with Crippen molar-refractivity contribution in [2.24, 2.45) is 0 Å². The molecule has 0 saturated heterocycles. The number of nitrogens with zero attached hydrogens (tertiary/aromatic N) is 2. The molecule has 0 atom stereocenters. The first kappa shape index (κ1) is 14.3. The van der Waals surface area contributed by atoms with Crippen molar-refractivity contribution in [3.05, 3.63) is 24.0 Å². The van der Waals surface area contributed by atoms with Crippen LogP contribution in [0.4, 0.5) is 0 Å². The lowest BCUT2D eigenvalue weighted by Gasteiger charge is -2.29. The van der Waals surface area contributed by atoms with Gasteiger partial charge in [-0.3, -0.25) is 9.78 Å². The van der Waals surface area contributed by atoms with Gasteiger partial charge >= 0.3 is 0 Å². The van der Waals surface area contributed by atoms with Crippen LogP contribution in [-0.2, 0) is 11.4 Å². The van der Waals surface area contributed by atoms with Gasteiger partial charge in [-0.25, -0.2) is 0 Å². The Morgan fingerprint density at radius 2 is 1.95 bits per heavy atom. The lowest BCUT2D eigenvalue weighted by atomic mass is 10.2. The maximum atomic E-state index is 12.4. The molecule has 114 valence electrons. The number of pyridine rings is 1. The smallest absolute Gasteiger partial charge is 0.261 e. The second-order valence-corrected chi connectivity index (χ2v) is 5.90. The zero-order valence-electron chi connectivity index (χ0n) is 12.2. The Bertz CT molecular complexity index is 479. The minimum atomic E-state index is -0.0870. The summed E-state index contributed by atoms with van der Waals surface area (Å²) in [6.07, 6.45) is 8.55. The zero-order valence-corrected chi connectivity index (χ0v) is 12.2. The molecular formula is C16H22N2O3. The molecule has 0 bridgehead atoms. The molecule has 2 fully saturated rings. The van der Waals surface area contributed by atoms with E-state index in [1.54, 1.807) is 18.3 Å². The molecule has 1 N–H and O–H groups in total. The van der Waals surface area contributed by atoms with E-state index in [2.05, 4.69) is 9.88 Å². The summed E-state index contributed by atoms with van der Waals surface area (Å²) in [6, 6.07) is 4.31. The maximum absolute atomic E-state index is 12.4. The minimum absolute atomic E-state index is 0.0765.